The fourth-order valence-electron chi connectivity index (χ4n) is 3.72. The van der Waals surface area contributed by atoms with Gasteiger partial charge >= 0.3 is 26.2 Å². The summed E-state index contributed by atoms with van der Waals surface area (Å²) in [5.74, 6) is 0. The van der Waals surface area contributed by atoms with Gasteiger partial charge in [-0.2, -0.15) is 11.1 Å². The molecule has 0 radical (unpaired) electrons. The van der Waals surface area contributed by atoms with Crippen LogP contribution in [0, 0.1) is 41.5 Å². The Morgan fingerprint density at radius 3 is 1.19 bits per heavy atom. The molecule has 0 heterocycles. The summed E-state index contributed by atoms with van der Waals surface area (Å²) in [7, 11) is 0. The number of benzene rings is 2. The van der Waals surface area contributed by atoms with Gasteiger partial charge in [0.25, 0.3) is 0 Å². The second-order valence-corrected chi connectivity index (χ2v) is 6.98. The Morgan fingerprint density at radius 2 is 0.889 bits per heavy atom. The van der Waals surface area contributed by atoms with Crippen LogP contribution in [-0.2, 0) is 26.2 Å². The van der Waals surface area contributed by atoms with Crippen LogP contribution in [0.2, 0.25) is 0 Å². The first-order chi connectivity index (χ1) is 11.4. The molecule has 4 rings (SSSR count). The molecule has 0 N–H and O–H groups in total. The number of aryl methyl sites for hydroxylation is 6. The van der Waals surface area contributed by atoms with E-state index < -0.39 is 0 Å². The summed E-state index contributed by atoms with van der Waals surface area (Å²) in [5, 5.41) is 5.64. The van der Waals surface area contributed by atoms with Crippen LogP contribution in [0.25, 0.3) is 21.5 Å². The van der Waals surface area contributed by atoms with Crippen LogP contribution in [0.5, 0.6) is 0 Å². The van der Waals surface area contributed by atoms with E-state index in [0.717, 1.165) is 0 Å². The Bertz CT molecular complexity index is 938. The molecular formula is C24H26Cl2Zr. The summed E-state index contributed by atoms with van der Waals surface area (Å²) >= 11 is 0. The Morgan fingerprint density at radius 1 is 0.556 bits per heavy atom. The monoisotopic (exact) mass is 474 g/mol. The average molecular weight is 477 g/mol. The van der Waals surface area contributed by atoms with Gasteiger partial charge in [-0.3, -0.25) is 0 Å². The molecule has 0 amide bonds. The second kappa shape index (κ2) is 10.6. The zero-order chi connectivity index (χ0) is 17.4. The Labute approximate surface area is 195 Å². The topological polar surface area (TPSA) is 0 Å². The maximum Gasteiger partial charge on any atom is 4.00 e. The van der Waals surface area contributed by atoms with Crippen molar-refractivity contribution in [3.63, 3.8) is 0 Å². The Hall–Kier alpha value is -0.877. The van der Waals surface area contributed by atoms with Crippen LogP contribution in [0.4, 0.5) is 0 Å². The molecule has 0 atom stereocenters. The average Bonchev–Trinajstić information content (AvgIpc) is 2.99. The smallest absolute Gasteiger partial charge is 1.00 e. The zero-order valence-corrected chi connectivity index (χ0v) is 20.8. The minimum Gasteiger partial charge on any atom is -1.00 e. The first-order valence-electron chi connectivity index (χ1n) is 8.64. The summed E-state index contributed by atoms with van der Waals surface area (Å²) < 4.78 is 0. The second-order valence-electron chi connectivity index (χ2n) is 6.98. The van der Waals surface area contributed by atoms with Crippen molar-refractivity contribution >= 4 is 21.5 Å². The maximum atomic E-state index is 2.26. The van der Waals surface area contributed by atoms with Gasteiger partial charge in [0.1, 0.15) is 0 Å². The van der Waals surface area contributed by atoms with Crippen molar-refractivity contribution in [1.29, 1.82) is 0 Å². The summed E-state index contributed by atoms with van der Waals surface area (Å²) in [6.07, 6.45) is 0. The van der Waals surface area contributed by atoms with Crippen molar-refractivity contribution in [3.05, 3.63) is 81.9 Å². The third-order valence-corrected chi connectivity index (χ3v) is 5.29. The van der Waals surface area contributed by atoms with E-state index in [1.807, 2.05) is 0 Å². The number of hydrogen-bond donors (Lipinski definition) is 0. The Kier molecular flexibility index (Phi) is 10.3. The minimum absolute atomic E-state index is 0. The SMILES string of the molecule is Cc1[cH-]c2cccc(C)c2c1C.Cc1[cH-]c2cccc(C)c2c1C.[Cl-].[Cl-].[Zr+4]. The van der Waals surface area contributed by atoms with E-state index in [-0.39, 0.29) is 51.0 Å². The molecule has 0 bridgehead atoms. The molecule has 0 aromatic heterocycles. The molecule has 0 fully saturated rings. The summed E-state index contributed by atoms with van der Waals surface area (Å²) in [4.78, 5) is 0. The number of halogens is 2. The number of fused-ring (bicyclic) bond motifs is 2. The standard InChI is InChI=1S/2C12H13.2ClH.Zr/c2*1-8-5-4-6-11-7-9(2)10(3)12(8)11;;;/h2*4-7H,1-3H3;2*1H;/q2*-1;;;+4/p-2. The molecule has 4 aromatic rings. The van der Waals surface area contributed by atoms with Gasteiger partial charge in [0.2, 0.25) is 0 Å². The molecule has 0 aliphatic heterocycles. The molecule has 0 saturated carbocycles. The molecule has 3 heteroatoms. The maximum absolute atomic E-state index is 2.26. The van der Waals surface area contributed by atoms with Crippen molar-refractivity contribution < 1.29 is 51.0 Å². The zero-order valence-electron chi connectivity index (χ0n) is 16.9. The number of rotatable bonds is 0. The molecule has 0 spiro atoms. The third-order valence-electron chi connectivity index (χ3n) is 5.29. The van der Waals surface area contributed by atoms with Crippen LogP contribution in [-0.4, -0.2) is 0 Å². The van der Waals surface area contributed by atoms with Gasteiger partial charge in [-0.05, 0) is 13.8 Å². The van der Waals surface area contributed by atoms with Gasteiger partial charge in [-0.25, -0.2) is 0 Å². The van der Waals surface area contributed by atoms with E-state index >= 15 is 0 Å². The summed E-state index contributed by atoms with van der Waals surface area (Å²) in [6, 6.07) is 17.5. The molecule has 0 aliphatic rings. The van der Waals surface area contributed by atoms with Gasteiger partial charge in [0, 0.05) is 0 Å². The molecule has 0 aliphatic carbocycles. The summed E-state index contributed by atoms with van der Waals surface area (Å²) in [6.45, 7) is 13.1. The quantitative estimate of drug-likeness (QED) is 0.332. The van der Waals surface area contributed by atoms with Crippen molar-refractivity contribution in [1.82, 2.24) is 0 Å². The van der Waals surface area contributed by atoms with Crippen molar-refractivity contribution in [3.8, 4) is 0 Å². The van der Waals surface area contributed by atoms with Crippen molar-refractivity contribution in [2.24, 2.45) is 0 Å². The largest absolute Gasteiger partial charge is 4.00 e. The predicted molar refractivity (Wildman–Crippen MR) is 108 cm³/mol. The van der Waals surface area contributed by atoms with E-state index in [9.17, 15) is 0 Å². The Balaban J connectivity index is 0.000000451. The van der Waals surface area contributed by atoms with E-state index in [1.165, 1.54) is 54.9 Å². The van der Waals surface area contributed by atoms with Gasteiger partial charge in [0.15, 0.2) is 0 Å². The molecule has 0 saturated heterocycles. The van der Waals surface area contributed by atoms with Crippen LogP contribution < -0.4 is 24.8 Å². The summed E-state index contributed by atoms with van der Waals surface area (Å²) in [5.41, 5.74) is 8.45. The minimum atomic E-state index is 0. The van der Waals surface area contributed by atoms with Crippen LogP contribution in [0.15, 0.2) is 48.5 Å². The van der Waals surface area contributed by atoms with E-state index in [2.05, 4.69) is 90.1 Å². The van der Waals surface area contributed by atoms with Crippen LogP contribution in [0.1, 0.15) is 33.4 Å². The molecular weight excluding hydrogens is 450 g/mol. The van der Waals surface area contributed by atoms with Crippen LogP contribution in [0.3, 0.4) is 0 Å². The molecule has 4 aromatic carbocycles. The fourth-order valence-corrected chi connectivity index (χ4v) is 3.72. The van der Waals surface area contributed by atoms with Gasteiger partial charge in [0.05, 0.1) is 0 Å². The molecule has 0 unspecified atom stereocenters. The third kappa shape index (κ3) is 5.14. The van der Waals surface area contributed by atoms with E-state index in [0.29, 0.717) is 0 Å². The fraction of sp³-hybridized carbons (Fsp3) is 0.250. The van der Waals surface area contributed by atoms with Gasteiger partial charge in [-0.1, -0.05) is 51.0 Å². The molecule has 0 nitrogen and oxygen atoms in total. The van der Waals surface area contributed by atoms with Gasteiger partial charge in [-0.15, -0.1) is 69.1 Å². The van der Waals surface area contributed by atoms with Crippen LogP contribution >= 0.6 is 0 Å². The normalized spacial score (nSPS) is 9.70. The van der Waals surface area contributed by atoms with E-state index in [1.54, 1.807) is 0 Å². The van der Waals surface area contributed by atoms with Gasteiger partial charge < -0.3 is 24.8 Å². The predicted octanol–water partition coefficient (Wildman–Crippen LogP) is 0.973. The van der Waals surface area contributed by atoms with Crippen molar-refractivity contribution in [2.45, 2.75) is 41.5 Å². The number of hydrogen-bond acceptors (Lipinski definition) is 0. The molecule has 27 heavy (non-hydrogen) atoms. The molecule has 140 valence electrons. The first-order valence-corrected chi connectivity index (χ1v) is 8.64. The van der Waals surface area contributed by atoms with E-state index in [4.69, 9.17) is 0 Å². The first kappa shape index (κ1) is 26.1. The van der Waals surface area contributed by atoms with Crippen molar-refractivity contribution in [2.75, 3.05) is 0 Å².